The fraction of sp³-hybridized carbons (Fsp3) is 0.625. The Bertz CT molecular complexity index is 169. The predicted octanol–water partition coefficient (Wildman–Crippen LogP) is -0.247. The molecule has 11 heavy (non-hydrogen) atoms. The van der Waals surface area contributed by atoms with E-state index >= 15 is 0 Å². The van der Waals surface area contributed by atoms with Crippen LogP contribution >= 0.6 is 0 Å². The Morgan fingerprint density at radius 1 is 1.73 bits per heavy atom. The van der Waals surface area contributed by atoms with Crippen LogP contribution in [-0.2, 0) is 4.79 Å². The summed E-state index contributed by atoms with van der Waals surface area (Å²) >= 11 is 0. The van der Waals surface area contributed by atoms with Crippen molar-refractivity contribution in [3.63, 3.8) is 0 Å². The van der Waals surface area contributed by atoms with E-state index in [4.69, 9.17) is 11.5 Å². The van der Waals surface area contributed by atoms with Gasteiger partial charge >= 0.3 is 0 Å². The first-order valence-corrected chi connectivity index (χ1v) is 3.49. The Hall–Kier alpha value is -1.01. The number of hydrogen-bond donors (Lipinski definition) is 2. The van der Waals surface area contributed by atoms with E-state index < -0.39 is 5.91 Å². The average Bonchev–Trinajstić information content (AvgIpc) is 1.99. The number of rotatable bonds is 3. The van der Waals surface area contributed by atoms with Crippen LogP contribution in [-0.4, -0.2) is 23.7 Å². The molecule has 2 N–H and O–H groups in total. The zero-order valence-corrected chi connectivity index (χ0v) is 6.79. The van der Waals surface area contributed by atoms with Gasteiger partial charge in [-0.1, -0.05) is 13.8 Å². The van der Waals surface area contributed by atoms with Crippen molar-refractivity contribution in [2.45, 2.75) is 19.9 Å². The van der Waals surface area contributed by atoms with Crippen LogP contribution in [0.3, 0.4) is 0 Å². The van der Waals surface area contributed by atoms with Gasteiger partial charge in [0, 0.05) is 0 Å². The highest BCUT2D eigenvalue weighted by Crippen LogP contribution is 1.99. The maximum Gasteiger partial charge on any atom is 0.295 e. The van der Waals surface area contributed by atoms with Gasteiger partial charge in [0.15, 0.2) is 0 Å². The zero-order chi connectivity index (χ0) is 8.85. The van der Waals surface area contributed by atoms with Gasteiger partial charge in [0.1, 0.15) is 0 Å². The molecule has 0 aromatic carbocycles. The number of terminal acetylenes is 1. The van der Waals surface area contributed by atoms with E-state index in [0.29, 0.717) is 0 Å². The maximum atomic E-state index is 10.6. The van der Waals surface area contributed by atoms with Gasteiger partial charge in [-0.3, -0.25) is 4.79 Å². The second kappa shape index (κ2) is 4.75. The van der Waals surface area contributed by atoms with Crippen LogP contribution in [0.15, 0.2) is 0 Å². The minimum atomic E-state index is -0.474. The Labute approximate surface area is 66.8 Å². The first kappa shape index (κ1) is 9.99. The molecule has 0 heterocycles. The molecule has 0 aliphatic heterocycles. The van der Waals surface area contributed by atoms with Gasteiger partial charge in [0.05, 0.1) is 12.6 Å². The summed E-state index contributed by atoms with van der Waals surface area (Å²) in [6.45, 7) is 3.72. The third-order valence-electron chi connectivity index (χ3n) is 1.45. The summed E-state index contributed by atoms with van der Waals surface area (Å²) in [6.07, 6.45) is 4.83. The monoisotopic (exact) mass is 155 g/mol. The van der Waals surface area contributed by atoms with Crippen molar-refractivity contribution in [1.82, 2.24) is 5.32 Å². The lowest BCUT2D eigenvalue weighted by molar-refractivity contribution is -0.117. The van der Waals surface area contributed by atoms with Crippen LogP contribution < -0.4 is 5.32 Å². The van der Waals surface area contributed by atoms with Crippen molar-refractivity contribution < 1.29 is 9.90 Å². The third-order valence-corrected chi connectivity index (χ3v) is 1.45. The standard InChI is InChI=1S/C8H13NO2/c1-4-8(11)9-7(5-10)6(2)3/h1,6-7,10H,5H2,2-3H3,(H,9,11). The van der Waals surface area contributed by atoms with Crippen LogP contribution in [0.25, 0.3) is 0 Å². The summed E-state index contributed by atoms with van der Waals surface area (Å²) < 4.78 is 0. The molecule has 0 saturated heterocycles. The number of nitrogens with one attached hydrogen (secondary N) is 1. The first-order chi connectivity index (χ1) is 5.11. The average molecular weight is 155 g/mol. The summed E-state index contributed by atoms with van der Waals surface area (Å²) in [5.74, 6) is 1.64. The van der Waals surface area contributed by atoms with Crippen LogP contribution in [0.1, 0.15) is 13.8 Å². The van der Waals surface area contributed by atoms with Crippen molar-refractivity contribution in [2.75, 3.05) is 6.61 Å². The summed E-state index contributed by atoms with van der Waals surface area (Å²) in [4.78, 5) is 10.6. The van der Waals surface area contributed by atoms with Crippen LogP contribution in [0.4, 0.5) is 0 Å². The molecule has 1 atom stereocenters. The van der Waals surface area contributed by atoms with Crippen LogP contribution in [0.5, 0.6) is 0 Å². The Morgan fingerprint density at radius 2 is 2.27 bits per heavy atom. The molecule has 0 fully saturated rings. The third kappa shape index (κ3) is 3.64. The van der Waals surface area contributed by atoms with E-state index in [2.05, 4.69) is 5.32 Å². The van der Waals surface area contributed by atoms with Crippen LogP contribution in [0, 0.1) is 18.3 Å². The van der Waals surface area contributed by atoms with Gasteiger partial charge < -0.3 is 10.4 Å². The van der Waals surface area contributed by atoms with E-state index in [0.717, 1.165) is 0 Å². The van der Waals surface area contributed by atoms with Crippen molar-refractivity contribution in [2.24, 2.45) is 5.92 Å². The molecule has 0 aromatic heterocycles. The molecule has 0 aliphatic carbocycles. The summed E-state index contributed by atoms with van der Waals surface area (Å²) in [5.41, 5.74) is 0. The lowest BCUT2D eigenvalue weighted by Crippen LogP contribution is -2.40. The largest absolute Gasteiger partial charge is 0.394 e. The second-order valence-electron chi connectivity index (χ2n) is 2.65. The van der Waals surface area contributed by atoms with E-state index in [-0.39, 0.29) is 18.6 Å². The lowest BCUT2D eigenvalue weighted by Gasteiger charge is -2.17. The van der Waals surface area contributed by atoms with E-state index in [9.17, 15) is 4.79 Å². The maximum absolute atomic E-state index is 10.6. The molecule has 0 aliphatic rings. The van der Waals surface area contributed by atoms with Crippen molar-refractivity contribution in [3.05, 3.63) is 0 Å². The van der Waals surface area contributed by atoms with Crippen molar-refractivity contribution >= 4 is 5.91 Å². The summed E-state index contributed by atoms with van der Waals surface area (Å²) in [7, 11) is 0. The summed E-state index contributed by atoms with van der Waals surface area (Å²) in [6, 6.07) is -0.237. The molecule has 3 nitrogen and oxygen atoms in total. The second-order valence-corrected chi connectivity index (χ2v) is 2.65. The fourth-order valence-corrected chi connectivity index (χ4v) is 0.633. The normalized spacial score (nSPS) is 12.3. The molecule has 0 rings (SSSR count). The predicted molar refractivity (Wildman–Crippen MR) is 42.7 cm³/mol. The number of aliphatic hydroxyl groups is 1. The van der Waals surface area contributed by atoms with Gasteiger partial charge in [0.2, 0.25) is 0 Å². The van der Waals surface area contributed by atoms with Crippen LogP contribution in [0.2, 0.25) is 0 Å². The minimum absolute atomic E-state index is 0.0783. The van der Waals surface area contributed by atoms with Gasteiger partial charge in [-0.2, -0.15) is 0 Å². The summed E-state index contributed by atoms with van der Waals surface area (Å²) in [5, 5.41) is 11.2. The molecule has 1 unspecified atom stereocenters. The van der Waals surface area contributed by atoms with Gasteiger partial charge in [-0.15, -0.1) is 6.42 Å². The molecule has 0 aromatic rings. The minimum Gasteiger partial charge on any atom is -0.394 e. The Kier molecular flexibility index (Phi) is 4.32. The number of hydrogen-bond acceptors (Lipinski definition) is 2. The highest BCUT2D eigenvalue weighted by molar-refractivity contribution is 5.93. The first-order valence-electron chi connectivity index (χ1n) is 3.49. The molecule has 3 heteroatoms. The van der Waals surface area contributed by atoms with Gasteiger partial charge in [-0.05, 0) is 11.8 Å². The topological polar surface area (TPSA) is 49.3 Å². The molecular formula is C8H13NO2. The molecule has 0 spiro atoms. The molecular weight excluding hydrogens is 142 g/mol. The smallest absolute Gasteiger partial charge is 0.295 e. The number of carbonyl (C=O) groups is 1. The Morgan fingerprint density at radius 3 is 2.55 bits per heavy atom. The lowest BCUT2D eigenvalue weighted by atomic mass is 10.1. The van der Waals surface area contributed by atoms with Crippen molar-refractivity contribution in [3.8, 4) is 12.3 Å². The quantitative estimate of drug-likeness (QED) is 0.552. The number of aliphatic hydroxyl groups excluding tert-OH is 1. The van der Waals surface area contributed by atoms with E-state index in [1.807, 2.05) is 19.8 Å². The SMILES string of the molecule is C#CC(=O)NC(CO)C(C)C. The molecule has 0 saturated carbocycles. The van der Waals surface area contributed by atoms with E-state index in [1.54, 1.807) is 0 Å². The molecule has 0 bridgehead atoms. The molecule has 62 valence electrons. The van der Waals surface area contributed by atoms with Crippen molar-refractivity contribution in [1.29, 1.82) is 0 Å². The molecule has 0 radical (unpaired) electrons. The number of amides is 1. The highest BCUT2D eigenvalue weighted by Gasteiger charge is 2.12. The van der Waals surface area contributed by atoms with E-state index in [1.165, 1.54) is 0 Å². The van der Waals surface area contributed by atoms with Gasteiger partial charge in [-0.25, -0.2) is 0 Å². The fourth-order valence-electron chi connectivity index (χ4n) is 0.633. The zero-order valence-electron chi connectivity index (χ0n) is 6.79. The highest BCUT2D eigenvalue weighted by atomic mass is 16.3. The van der Waals surface area contributed by atoms with Gasteiger partial charge in [0.25, 0.3) is 5.91 Å². The number of carbonyl (C=O) groups excluding carboxylic acids is 1. The Balaban J connectivity index is 3.90. The molecule has 1 amide bonds.